The number of carboxylic acid groups (broad SMARTS) is 2. The van der Waals surface area contributed by atoms with Gasteiger partial charge in [0.2, 0.25) is 5.91 Å². The van der Waals surface area contributed by atoms with E-state index in [4.69, 9.17) is 4.74 Å². The predicted octanol–water partition coefficient (Wildman–Crippen LogP) is 0.0802. The van der Waals surface area contributed by atoms with Gasteiger partial charge in [0.15, 0.2) is 5.16 Å². The molecule has 0 bridgehead atoms. The van der Waals surface area contributed by atoms with E-state index < -0.39 is 59.4 Å². The van der Waals surface area contributed by atoms with Gasteiger partial charge in [-0.15, -0.1) is 0 Å². The Morgan fingerprint density at radius 3 is 2.57 bits per heavy atom. The van der Waals surface area contributed by atoms with Gasteiger partial charge in [-0.1, -0.05) is 11.8 Å². The van der Waals surface area contributed by atoms with Crippen LogP contribution in [0.2, 0.25) is 0 Å². The summed E-state index contributed by atoms with van der Waals surface area (Å²) >= 11 is 1.20. The minimum atomic E-state index is -1.75. The second-order valence-electron chi connectivity index (χ2n) is 8.30. The zero-order valence-corrected chi connectivity index (χ0v) is 17.4. The molecule has 0 radical (unpaired) electrons. The van der Waals surface area contributed by atoms with Crippen LogP contribution in [0.1, 0.15) is 27.2 Å². The van der Waals surface area contributed by atoms with Crippen LogP contribution >= 0.6 is 11.8 Å². The topological polar surface area (TPSA) is 184 Å². The summed E-state index contributed by atoms with van der Waals surface area (Å²) in [6.07, 6.45) is 0.496. The van der Waals surface area contributed by atoms with Crippen molar-refractivity contribution in [3.8, 4) is 0 Å². The summed E-state index contributed by atoms with van der Waals surface area (Å²) in [5, 5.41) is 30.6. The number of amides is 2. The molecule has 13 heteroatoms. The van der Waals surface area contributed by atoms with Crippen molar-refractivity contribution in [1.29, 1.82) is 0 Å². The van der Waals surface area contributed by atoms with E-state index >= 15 is 0 Å². The van der Waals surface area contributed by atoms with Gasteiger partial charge >= 0.3 is 18.0 Å². The van der Waals surface area contributed by atoms with Crippen LogP contribution in [0.15, 0.2) is 11.5 Å². The summed E-state index contributed by atoms with van der Waals surface area (Å²) in [6.45, 7) is 4.49. The Kier molecular flexibility index (Phi) is 5.67. The summed E-state index contributed by atoms with van der Waals surface area (Å²) < 4.78 is 5.04. The number of alkyl carbamates (subject to hydrolysis) is 1. The number of carboxylic acids is 2. The molecule has 1 aromatic heterocycles. The molecule has 2 saturated carbocycles. The molecule has 1 heterocycles. The van der Waals surface area contributed by atoms with E-state index in [1.807, 2.05) is 0 Å². The van der Waals surface area contributed by atoms with Crippen molar-refractivity contribution in [2.75, 3.05) is 6.54 Å². The van der Waals surface area contributed by atoms with Gasteiger partial charge in [0.25, 0.3) is 0 Å². The fraction of sp³-hybridized carbons (Fsp3) is 0.647. The van der Waals surface area contributed by atoms with Crippen LogP contribution in [0.3, 0.4) is 0 Å². The molecule has 2 aliphatic carbocycles. The quantitative estimate of drug-likeness (QED) is 0.388. The lowest BCUT2D eigenvalue weighted by atomic mass is 9.90. The summed E-state index contributed by atoms with van der Waals surface area (Å²) in [7, 11) is 0. The number of aromatic amines is 1. The number of nitrogens with zero attached hydrogens (tertiary/aromatic N) is 2. The first-order valence-electron chi connectivity index (χ1n) is 9.20. The van der Waals surface area contributed by atoms with Gasteiger partial charge in [0, 0.05) is 11.2 Å². The van der Waals surface area contributed by atoms with E-state index in [2.05, 4.69) is 25.8 Å². The van der Waals surface area contributed by atoms with Crippen molar-refractivity contribution < 1.29 is 34.1 Å². The Balaban J connectivity index is 1.71. The van der Waals surface area contributed by atoms with Crippen LogP contribution in [0.4, 0.5) is 4.79 Å². The molecule has 2 aliphatic rings. The maximum absolute atomic E-state index is 12.4. The SMILES string of the molecule is CC(C)(C)OC(=O)NCC(=O)NC1(C(=O)O)C[C@@H](Sc2ncn[nH]2)C2C(C(=O)O)C21. The molecule has 2 fully saturated rings. The number of hydrogen-bond donors (Lipinski definition) is 5. The molecule has 0 aromatic carbocycles. The van der Waals surface area contributed by atoms with E-state index in [-0.39, 0.29) is 11.7 Å². The van der Waals surface area contributed by atoms with Crippen LogP contribution in [0.5, 0.6) is 0 Å². The lowest BCUT2D eigenvalue weighted by molar-refractivity contribution is -0.149. The summed E-state index contributed by atoms with van der Waals surface area (Å²) in [5.41, 5.74) is -2.51. The molecule has 2 amide bonds. The molecular weight excluding hydrogens is 418 g/mol. The highest BCUT2D eigenvalue weighted by Gasteiger charge is 2.75. The number of aliphatic carboxylic acids is 2. The van der Waals surface area contributed by atoms with Gasteiger partial charge < -0.3 is 25.6 Å². The number of carbonyl (C=O) groups excluding carboxylic acids is 2. The van der Waals surface area contributed by atoms with Crippen molar-refractivity contribution >= 4 is 35.7 Å². The molecule has 4 unspecified atom stereocenters. The number of carbonyl (C=O) groups is 4. The van der Waals surface area contributed by atoms with Crippen molar-refractivity contribution in [3.05, 3.63) is 6.33 Å². The number of aromatic nitrogens is 3. The third kappa shape index (κ3) is 4.35. The Morgan fingerprint density at radius 1 is 1.33 bits per heavy atom. The van der Waals surface area contributed by atoms with Gasteiger partial charge in [-0.05, 0) is 33.1 Å². The lowest BCUT2D eigenvalue weighted by Crippen LogP contribution is -2.58. The van der Waals surface area contributed by atoms with Gasteiger partial charge in [0.05, 0.1) is 5.92 Å². The molecule has 1 aromatic rings. The van der Waals surface area contributed by atoms with E-state index in [0.29, 0.717) is 5.16 Å². The molecule has 0 aliphatic heterocycles. The smallest absolute Gasteiger partial charge is 0.408 e. The van der Waals surface area contributed by atoms with Gasteiger partial charge in [-0.3, -0.25) is 14.7 Å². The van der Waals surface area contributed by atoms with Crippen molar-refractivity contribution in [2.45, 2.75) is 48.7 Å². The maximum atomic E-state index is 12.4. The summed E-state index contributed by atoms with van der Waals surface area (Å²) in [6, 6.07) is 0. The third-order valence-electron chi connectivity index (χ3n) is 5.07. The first-order valence-corrected chi connectivity index (χ1v) is 10.1. The molecule has 0 spiro atoms. The number of fused-ring (bicyclic) bond motifs is 1. The second kappa shape index (κ2) is 7.78. The zero-order valence-electron chi connectivity index (χ0n) is 16.5. The summed E-state index contributed by atoms with van der Waals surface area (Å²) in [4.78, 5) is 51.9. The van der Waals surface area contributed by atoms with Crippen molar-refractivity contribution in [1.82, 2.24) is 25.8 Å². The number of ether oxygens (including phenoxy) is 1. The number of hydrogen-bond acceptors (Lipinski definition) is 8. The van der Waals surface area contributed by atoms with Crippen LogP contribution in [0.25, 0.3) is 0 Å². The number of rotatable bonds is 7. The Bertz CT molecular complexity index is 855. The highest BCUT2D eigenvalue weighted by atomic mass is 32.2. The minimum absolute atomic E-state index is 0.0188. The first kappa shape index (κ1) is 21.9. The molecule has 0 saturated heterocycles. The highest BCUT2D eigenvalue weighted by Crippen LogP contribution is 2.65. The summed E-state index contributed by atoms with van der Waals surface area (Å²) in [5.74, 6) is -5.27. The van der Waals surface area contributed by atoms with E-state index in [1.54, 1.807) is 20.8 Å². The van der Waals surface area contributed by atoms with Crippen LogP contribution in [-0.2, 0) is 19.1 Å². The normalized spacial score (nSPS) is 29.6. The monoisotopic (exact) mass is 441 g/mol. The molecule has 164 valence electrons. The van der Waals surface area contributed by atoms with Gasteiger partial charge in [-0.25, -0.2) is 14.6 Å². The lowest BCUT2D eigenvalue weighted by Gasteiger charge is -2.30. The zero-order chi connectivity index (χ0) is 22.3. The number of thioether (sulfide) groups is 1. The molecule has 12 nitrogen and oxygen atoms in total. The molecular formula is C17H23N5O7S. The highest BCUT2D eigenvalue weighted by molar-refractivity contribution is 7.99. The standard InChI is InChI=1S/C17H23N5O7S/c1-16(2,3)29-15(28)18-5-8(23)21-17(13(26)27)4-7(30-14-19-6-20-22-14)9-10(11(9)17)12(24)25/h6-7,9-11H,4-5H2,1-3H3,(H,18,28)(H,21,23)(H,24,25)(H,26,27)(H,19,20,22)/t7-,9?,10?,11?,17?/m1/s1. The Morgan fingerprint density at radius 2 is 2.03 bits per heavy atom. The third-order valence-corrected chi connectivity index (χ3v) is 6.28. The number of H-pyrrole nitrogens is 1. The maximum Gasteiger partial charge on any atom is 0.408 e. The first-order chi connectivity index (χ1) is 13.9. The second-order valence-corrected chi connectivity index (χ2v) is 9.53. The van der Waals surface area contributed by atoms with Crippen molar-refractivity contribution in [2.24, 2.45) is 17.8 Å². The average molecular weight is 441 g/mol. The molecule has 3 rings (SSSR count). The van der Waals surface area contributed by atoms with Crippen molar-refractivity contribution in [3.63, 3.8) is 0 Å². The molecule has 5 N–H and O–H groups in total. The van der Waals surface area contributed by atoms with Crippen LogP contribution < -0.4 is 10.6 Å². The van der Waals surface area contributed by atoms with E-state index in [9.17, 15) is 29.4 Å². The van der Waals surface area contributed by atoms with E-state index in [1.165, 1.54) is 18.1 Å². The largest absolute Gasteiger partial charge is 0.481 e. The minimum Gasteiger partial charge on any atom is -0.481 e. The fourth-order valence-electron chi connectivity index (χ4n) is 4.03. The van der Waals surface area contributed by atoms with Crippen LogP contribution in [0, 0.1) is 17.8 Å². The fourth-order valence-corrected chi connectivity index (χ4v) is 5.37. The Labute approximate surface area is 175 Å². The Hall–Kier alpha value is -2.83. The van der Waals surface area contributed by atoms with Crippen LogP contribution in [-0.4, -0.2) is 72.3 Å². The molecule has 5 atom stereocenters. The number of nitrogens with one attached hydrogen (secondary N) is 3. The van der Waals surface area contributed by atoms with Gasteiger partial charge in [-0.2, -0.15) is 5.10 Å². The van der Waals surface area contributed by atoms with E-state index in [0.717, 1.165) is 0 Å². The average Bonchev–Trinajstić information content (AvgIpc) is 3.02. The molecule has 30 heavy (non-hydrogen) atoms. The predicted molar refractivity (Wildman–Crippen MR) is 101 cm³/mol. The van der Waals surface area contributed by atoms with Gasteiger partial charge in [0.1, 0.15) is 24.0 Å².